The van der Waals surface area contributed by atoms with Gasteiger partial charge in [-0.25, -0.2) is 0 Å². The highest BCUT2D eigenvalue weighted by atomic mass is 32.1. The van der Waals surface area contributed by atoms with Gasteiger partial charge in [0.05, 0.1) is 6.42 Å². The SMILES string of the molecule is O=C(Cc1cccs1)NCCNC1CCCCCC1. The van der Waals surface area contributed by atoms with E-state index in [0.29, 0.717) is 12.5 Å². The summed E-state index contributed by atoms with van der Waals surface area (Å²) in [5, 5.41) is 8.56. The predicted octanol–water partition coefficient (Wildman–Crippen LogP) is 2.72. The van der Waals surface area contributed by atoms with Crippen molar-refractivity contribution in [1.82, 2.24) is 10.6 Å². The smallest absolute Gasteiger partial charge is 0.225 e. The van der Waals surface area contributed by atoms with Crippen LogP contribution in [0.3, 0.4) is 0 Å². The number of nitrogens with one attached hydrogen (secondary N) is 2. The van der Waals surface area contributed by atoms with Gasteiger partial charge < -0.3 is 10.6 Å². The lowest BCUT2D eigenvalue weighted by atomic mass is 10.1. The largest absolute Gasteiger partial charge is 0.355 e. The zero-order valence-corrected chi connectivity index (χ0v) is 12.3. The number of hydrogen-bond donors (Lipinski definition) is 2. The van der Waals surface area contributed by atoms with Crippen LogP contribution in [0, 0.1) is 0 Å². The monoisotopic (exact) mass is 280 g/mol. The van der Waals surface area contributed by atoms with Crippen molar-refractivity contribution in [3.8, 4) is 0 Å². The molecule has 106 valence electrons. The lowest BCUT2D eigenvalue weighted by Crippen LogP contribution is -2.37. The molecule has 0 saturated heterocycles. The van der Waals surface area contributed by atoms with E-state index in [-0.39, 0.29) is 5.91 Å². The van der Waals surface area contributed by atoms with Gasteiger partial charge >= 0.3 is 0 Å². The summed E-state index contributed by atoms with van der Waals surface area (Å²) in [6.07, 6.45) is 8.57. The highest BCUT2D eigenvalue weighted by Crippen LogP contribution is 2.16. The van der Waals surface area contributed by atoms with Crippen molar-refractivity contribution >= 4 is 17.2 Å². The van der Waals surface area contributed by atoms with Crippen molar-refractivity contribution in [3.63, 3.8) is 0 Å². The van der Waals surface area contributed by atoms with E-state index >= 15 is 0 Å². The third kappa shape index (κ3) is 5.74. The second kappa shape index (κ2) is 8.33. The Morgan fingerprint density at radius 1 is 1.21 bits per heavy atom. The zero-order valence-electron chi connectivity index (χ0n) is 11.5. The maximum atomic E-state index is 11.7. The summed E-state index contributed by atoms with van der Waals surface area (Å²) < 4.78 is 0. The van der Waals surface area contributed by atoms with Crippen LogP contribution in [0.4, 0.5) is 0 Å². The number of amides is 1. The van der Waals surface area contributed by atoms with E-state index in [1.165, 1.54) is 38.5 Å². The summed E-state index contributed by atoms with van der Waals surface area (Å²) in [4.78, 5) is 12.8. The fourth-order valence-electron chi connectivity index (χ4n) is 2.60. The quantitative estimate of drug-likeness (QED) is 0.621. The van der Waals surface area contributed by atoms with Crippen LogP contribution in [-0.4, -0.2) is 25.0 Å². The molecule has 0 radical (unpaired) electrons. The first kappa shape index (κ1) is 14.5. The van der Waals surface area contributed by atoms with E-state index < -0.39 is 0 Å². The highest BCUT2D eigenvalue weighted by Gasteiger charge is 2.11. The Morgan fingerprint density at radius 3 is 2.68 bits per heavy atom. The molecular weight excluding hydrogens is 256 g/mol. The molecule has 2 rings (SSSR count). The van der Waals surface area contributed by atoms with Crippen LogP contribution >= 0.6 is 11.3 Å². The number of hydrogen-bond acceptors (Lipinski definition) is 3. The number of rotatable bonds is 6. The van der Waals surface area contributed by atoms with Crippen molar-refractivity contribution in [2.75, 3.05) is 13.1 Å². The van der Waals surface area contributed by atoms with Gasteiger partial charge in [0.2, 0.25) is 5.91 Å². The number of carbonyl (C=O) groups excluding carboxylic acids is 1. The third-order valence-electron chi connectivity index (χ3n) is 3.65. The number of thiophene rings is 1. The van der Waals surface area contributed by atoms with E-state index in [4.69, 9.17) is 0 Å². The van der Waals surface area contributed by atoms with Gasteiger partial charge in [0, 0.05) is 24.0 Å². The molecule has 3 nitrogen and oxygen atoms in total. The van der Waals surface area contributed by atoms with Gasteiger partial charge in [-0.3, -0.25) is 4.79 Å². The Labute approximate surface area is 119 Å². The lowest BCUT2D eigenvalue weighted by molar-refractivity contribution is -0.120. The molecule has 4 heteroatoms. The molecule has 1 aliphatic rings. The summed E-state index contributed by atoms with van der Waals surface area (Å²) in [6.45, 7) is 1.63. The topological polar surface area (TPSA) is 41.1 Å². The molecule has 1 amide bonds. The molecule has 0 unspecified atom stereocenters. The van der Waals surface area contributed by atoms with Crippen molar-refractivity contribution in [3.05, 3.63) is 22.4 Å². The van der Waals surface area contributed by atoms with Crippen molar-refractivity contribution in [2.24, 2.45) is 0 Å². The average molecular weight is 280 g/mol. The second-order valence-corrected chi connectivity index (χ2v) is 6.28. The molecular formula is C15H24N2OS. The van der Waals surface area contributed by atoms with Crippen LogP contribution < -0.4 is 10.6 Å². The standard InChI is InChI=1S/C15H24N2OS/c18-15(12-14-8-5-11-19-14)17-10-9-16-13-6-3-1-2-4-7-13/h5,8,11,13,16H,1-4,6-7,9-10,12H2,(H,17,18). The Kier molecular flexibility index (Phi) is 6.37. The Hall–Kier alpha value is -0.870. The summed E-state index contributed by atoms with van der Waals surface area (Å²) in [6, 6.07) is 4.66. The van der Waals surface area contributed by atoms with E-state index in [1.807, 2.05) is 17.5 Å². The van der Waals surface area contributed by atoms with Crippen LogP contribution in [0.1, 0.15) is 43.4 Å². The van der Waals surface area contributed by atoms with Gasteiger partial charge in [0.15, 0.2) is 0 Å². The van der Waals surface area contributed by atoms with Crippen molar-refractivity contribution in [1.29, 1.82) is 0 Å². The summed E-state index contributed by atoms with van der Waals surface area (Å²) in [5.74, 6) is 0.130. The summed E-state index contributed by atoms with van der Waals surface area (Å²) in [5.41, 5.74) is 0. The molecule has 1 heterocycles. The van der Waals surface area contributed by atoms with Crippen molar-refractivity contribution < 1.29 is 4.79 Å². The fraction of sp³-hybridized carbons (Fsp3) is 0.667. The van der Waals surface area contributed by atoms with E-state index in [1.54, 1.807) is 11.3 Å². The molecule has 0 bridgehead atoms. The molecule has 1 aliphatic carbocycles. The minimum absolute atomic E-state index is 0.130. The highest BCUT2D eigenvalue weighted by molar-refractivity contribution is 7.10. The van der Waals surface area contributed by atoms with Crippen LogP contribution in [-0.2, 0) is 11.2 Å². The minimum atomic E-state index is 0.130. The molecule has 0 aromatic carbocycles. The second-order valence-electron chi connectivity index (χ2n) is 5.25. The Balaban J connectivity index is 1.54. The maximum absolute atomic E-state index is 11.7. The third-order valence-corrected chi connectivity index (χ3v) is 4.53. The molecule has 1 saturated carbocycles. The average Bonchev–Trinajstić information content (AvgIpc) is 2.76. The van der Waals surface area contributed by atoms with Gasteiger partial charge in [-0.1, -0.05) is 31.7 Å². The van der Waals surface area contributed by atoms with Gasteiger partial charge in [0.1, 0.15) is 0 Å². The van der Waals surface area contributed by atoms with Crippen molar-refractivity contribution in [2.45, 2.75) is 51.0 Å². The first-order chi connectivity index (χ1) is 9.34. The lowest BCUT2D eigenvalue weighted by Gasteiger charge is -2.16. The van der Waals surface area contributed by atoms with Crippen LogP contribution in [0.5, 0.6) is 0 Å². The van der Waals surface area contributed by atoms with Gasteiger partial charge in [-0.2, -0.15) is 0 Å². The molecule has 1 aromatic rings. The summed E-state index contributed by atoms with van der Waals surface area (Å²) in [7, 11) is 0. The Bertz CT molecular complexity index is 356. The van der Waals surface area contributed by atoms with E-state index in [0.717, 1.165) is 18.0 Å². The summed E-state index contributed by atoms with van der Waals surface area (Å²) >= 11 is 1.64. The molecule has 0 aliphatic heterocycles. The van der Waals surface area contributed by atoms with Gasteiger partial charge in [-0.05, 0) is 24.3 Å². The maximum Gasteiger partial charge on any atom is 0.225 e. The molecule has 0 atom stereocenters. The van der Waals surface area contributed by atoms with Gasteiger partial charge in [0.25, 0.3) is 0 Å². The van der Waals surface area contributed by atoms with Gasteiger partial charge in [-0.15, -0.1) is 11.3 Å². The van der Waals surface area contributed by atoms with Crippen LogP contribution in [0.15, 0.2) is 17.5 Å². The number of carbonyl (C=O) groups is 1. The molecule has 19 heavy (non-hydrogen) atoms. The van der Waals surface area contributed by atoms with E-state index in [2.05, 4.69) is 10.6 Å². The first-order valence-electron chi connectivity index (χ1n) is 7.37. The molecule has 0 spiro atoms. The molecule has 1 fully saturated rings. The minimum Gasteiger partial charge on any atom is -0.355 e. The molecule has 1 aromatic heterocycles. The fourth-order valence-corrected chi connectivity index (χ4v) is 3.30. The van der Waals surface area contributed by atoms with Crippen LogP contribution in [0.25, 0.3) is 0 Å². The normalized spacial score (nSPS) is 17.1. The predicted molar refractivity (Wildman–Crippen MR) is 80.5 cm³/mol. The Morgan fingerprint density at radius 2 is 2.00 bits per heavy atom. The van der Waals surface area contributed by atoms with Crippen LogP contribution in [0.2, 0.25) is 0 Å². The molecule has 2 N–H and O–H groups in total. The zero-order chi connectivity index (χ0) is 13.3. The first-order valence-corrected chi connectivity index (χ1v) is 8.25. The van der Waals surface area contributed by atoms with E-state index in [9.17, 15) is 4.79 Å².